The molecular weight excluding hydrogens is 316 g/mol. The Hall–Kier alpha value is -1.24. The Morgan fingerprint density at radius 3 is 2.89 bits per heavy atom. The van der Waals surface area contributed by atoms with Gasteiger partial charge >= 0.3 is 5.97 Å². The number of esters is 1. The lowest BCUT2D eigenvalue weighted by atomic mass is 10.2. The predicted octanol–water partition coefficient (Wildman–Crippen LogP) is 2.72. The standard InChI is InChI=1S/C12H11BrN2O2S/c13-9-4-2-1-3-8(9)6-17-12(16)10-7-18-11(5-14)15-10/h1-4,7H,5-6,14H2. The highest BCUT2D eigenvalue weighted by atomic mass is 79.9. The summed E-state index contributed by atoms with van der Waals surface area (Å²) in [6.45, 7) is 0.553. The Morgan fingerprint density at radius 1 is 1.44 bits per heavy atom. The molecule has 0 bridgehead atoms. The van der Waals surface area contributed by atoms with E-state index in [1.165, 1.54) is 11.3 Å². The number of halogens is 1. The smallest absolute Gasteiger partial charge is 0.358 e. The summed E-state index contributed by atoms with van der Waals surface area (Å²) in [7, 11) is 0. The summed E-state index contributed by atoms with van der Waals surface area (Å²) in [6, 6.07) is 7.59. The lowest BCUT2D eigenvalue weighted by Crippen LogP contribution is -2.06. The fraction of sp³-hybridized carbons (Fsp3) is 0.167. The minimum Gasteiger partial charge on any atom is -0.456 e. The lowest BCUT2D eigenvalue weighted by molar-refractivity contribution is 0.0465. The number of nitrogens with zero attached hydrogens (tertiary/aromatic N) is 1. The maximum Gasteiger partial charge on any atom is 0.358 e. The molecule has 0 fully saturated rings. The molecule has 0 aliphatic heterocycles. The first-order valence-electron chi connectivity index (χ1n) is 5.25. The second-order valence-electron chi connectivity index (χ2n) is 3.50. The Bertz CT molecular complexity index is 557. The molecular formula is C12H11BrN2O2S. The molecule has 2 rings (SSSR count). The van der Waals surface area contributed by atoms with Gasteiger partial charge < -0.3 is 10.5 Å². The summed E-state index contributed by atoms with van der Waals surface area (Å²) < 4.78 is 6.10. The van der Waals surface area contributed by atoms with Gasteiger partial charge in [-0.25, -0.2) is 9.78 Å². The lowest BCUT2D eigenvalue weighted by Gasteiger charge is -2.04. The molecule has 0 spiro atoms. The van der Waals surface area contributed by atoms with Gasteiger partial charge in [0.2, 0.25) is 0 Å². The molecule has 0 amide bonds. The average Bonchev–Trinajstić information content (AvgIpc) is 2.86. The van der Waals surface area contributed by atoms with Crippen LogP contribution in [0.15, 0.2) is 34.1 Å². The molecule has 1 aromatic carbocycles. The number of carbonyl (C=O) groups is 1. The SMILES string of the molecule is NCc1nc(C(=O)OCc2ccccc2Br)cs1. The molecule has 94 valence electrons. The van der Waals surface area contributed by atoms with E-state index >= 15 is 0 Å². The zero-order chi connectivity index (χ0) is 13.0. The van der Waals surface area contributed by atoms with Gasteiger partial charge in [0.05, 0.1) is 0 Å². The largest absolute Gasteiger partial charge is 0.456 e. The van der Waals surface area contributed by atoms with Crippen molar-refractivity contribution in [1.82, 2.24) is 4.98 Å². The third-order valence-corrected chi connectivity index (χ3v) is 3.90. The normalized spacial score (nSPS) is 10.3. The van der Waals surface area contributed by atoms with Crippen molar-refractivity contribution in [1.29, 1.82) is 0 Å². The number of carbonyl (C=O) groups excluding carboxylic acids is 1. The molecule has 1 aromatic heterocycles. The van der Waals surface area contributed by atoms with Crippen LogP contribution in [0.4, 0.5) is 0 Å². The van der Waals surface area contributed by atoms with Gasteiger partial charge in [-0.2, -0.15) is 0 Å². The van der Waals surface area contributed by atoms with E-state index in [1.807, 2.05) is 24.3 Å². The van der Waals surface area contributed by atoms with Crippen molar-refractivity contribution in [2.45, 2.75) is 13.2 Å². The number of ether oxygens (including phenoxy) is 1. The zero-order valence-electron chi connectivity index (χ0n) is 9.43. The van der Waals surface area contributed by atoms with Crippen molar-refractivity contribution in [2.75, 3.05) is 0 Å². The molecule has 6 heteroatoms. The third kappa shape index (κ3) is 3.16. The first-order chi connectivity index (χ1) is 8.70. The molecule has 2 N–H and O–H groups in total. The molecule has 18 heavy (non-hydrogen) atoms. The number of hydrogen-bond acceptors (Lipinski definition) is 5. The van der Waals surface area contributed by atoms with Crippen LogP contribution in [0.3, 0.4) is 0 Å². The van der Waals surface area contributed by atoms with Crippen molar-refractivity contribution < 1.29 is 9.53 Å². The monoisotopic (exact) mass is 326 g/mol. The van der Waals surface area contributed by atoms with E-state index in [-0.39, 0.29) is 6.61 Å². The maximum atomic E-state index is 11.7. The van der Waals surface area contributed by atoms with Gasteiger partial charge in [-0.05, 0) is 6.07 Å². The number of nitrogens with two attached hydrogens (primary N) is 1. The Kier molecular flexibility index (Phi) is 4.46. The van der Waals surface area contributed by atoms with Gasteiger partial charge in [0.25, 0.3) is 0 Å². The van der Waals surface area contributed by atoms with Gasteiger partial charge in [0, 0.05) is 22.0 Å². The first kappa shape index (κ1) is 13.2. The van der Waals surface area contributed by atoms with Crippen molar-refractivity contribution in [3.63, 3.8) is 0 Å². The van der Waals surface area contributed by atoms with Crippen molar-refractivity contribution in [3.05, 3.63) is 50.4 Å². The highest BCUT2D eigenvalue weighted by Gasteiger charge is 2.12. The maximum absolute atomic E-state index is 11.7. The van der Waals surface area contributed by atoms with Crippen LogP contribution in [-0.4, -0.2) is 11.0 Å². The second kappa shape index (κ2) is 6.08. The number of rotatable bonds is 4. The minimum absolute atomic E-state index is 0.218. The van der Waals surface area contributed by atoms with E-state index in [2.05, 4.69) is 20.9 Å². The molecule has 0 radical (unpaired) electrons. The highest BCUT2D eigenvalue weighted by Crippen LogP contribution is 2.17. The highest BCUT2D eigenvalue weighted by molar-refractivity contribution is 9.10. The number of aromatic nitrogens is 1. The van der Waals surface area contributed by atoms with Gasteiger partial charge in [-0.1, -0.05) is 34.1 Å². The van der Waals surface area contributed by atoms with E-state index in [0.29, 0.717) is 12.2 Å². The quantitative estimate of drug-likeness (QED) is 0.877. The molecule has 1 heterocycles. The predicted molar refractivity (Wildman–Crippen MR) is 73.3 cm³/mol. The number of benzene rings is 1. The number of thiazole rings is 1. The summed E-state index contributed by atoms with van der Waals surface area (Å²) in [5.41, 5.74) is 6.67. The number of hydrogen-bond donors (Lipinski definition) is 1. The minimum atomic E-state index is -0.429. The third-order valence-electron chi connectivity index (χ3n) is 2.25. The van der Waals surface area contributed by atoms with Crippen molar-refractivity contribution in [3.8, 4) is 0 Å². The second-order valence-corrected chi connectivity index (χ2v) is 5.30. The van der Waals surface area contributed by atoms with Crippen molar-refractivity contribution in [2.24, 2.45) is 5.73 Å². The van der Waals surface area contributed by atoms with E-state index in [1.54, 1.807) is 5.38 Å². The van der Waals surface area contributed by atoms with Crippen LogP contribution in [0.2, 0.25) is 0 Å². The van der Waals surface area contributed by atoms with Gasteiger partial charge in [0.1, 0.15) is 11.6 Å². The fourth-order valence-electron chi connectivity index (χ4n) is 1.33. The van der Waals surface area contributed by atoms with Crippen LogP contribution in [0, 0.1) is 0 Å². The zero-order valence-corrected chi connectivity index (χ0v) is 11.8. The van der Waals surface area contributed by atoms with Crippen LogP contribution in [-0.2, 0) is 17.9 Å². The van der Waals surface area contributed by atoms with Gasteiger partial charge in [-0.15, -0.1) is 11.3 Å². The molecule has 2 aromatic rings. The van der Waals surface area contributed by atoms with Gasteiger partial charge in [-0.3, -0.25) is 0 Å². The molecule has 0 saturated heterocycles. The van der Waals surface area contributed by atoms with Crippen LogP contribution in [0.25, 0.3) is 0 Å². The van der Waals surface area contributed by atoms with E-state index in [9.17, 15) is 4.79 Å². The van der Waals surface area contributed by atoms with Crippen LogP contribution in [0.1, 0.15) is 21.1 Å². The van der Waals surface area contributed by atoms with Crippen molar-refractivity contribution >= 4 is 33.2 Å². The summed E-state index contributed by atoms with van der Waals surface area (Å²) in [5.74, 6) is -0.429. The summed E-state index contributed by atoms with van der Waals surface area (Å²) in [4.78, 5) is 15.8. The van der Waals surface area contributed by atoms with E-state index < -0.39 is 5.97 Å². The first-order valence-corrected chi connectivity index (χ1v) is 6.93. The summed E-state index contributed by atoms with van der Waals surface area (Å²) in [6.07, 6.45) is 0. The van der Waals surface area contributed by atoms with Crippen LogP contribution >= 0.6 is 27.3 Å². The summed E-state index contributed by atoms with van der Waals surface area (Å²) in [5, 5.41) is 2.38. The van der Waals surface area contributed by atoms with E-state index in [4.69, 9.17) is 10.5 Å². The molecule has 4 nitrogen and oxygen atoms in total. The Labute approximate surface area is 117 Å². The molecule has 0 aliphatic carbocycles. The average molecular weight is 327 g/mol. The van der Waals surface area contributed by atoms with Gasteiger partial charge in [0.15, 0.2) is 5.69 Å². The molecule has 0 unspecified atom stereocenters. The Balaban J connectivity index is 1.98. The van der Waals surface area contributed by atoms with E-state index in [0.717, 1.165) is 15.0 Å². The summed E-state index contributed by atoms with van der Waals surface area (Å²) >= 11 is 4.75. The van der Waals surface area contributed by atoms with Crippen LogP contribution < -0.4 is 5.73 Å². The Morgan fingerprint density at radius 2 is 2.22 bits per heavy atom. The van der Waals surface area contributed by atoms with Crippen LogP contribution in [0.5, 0.6) is 0 Å². The molecule has 0 aliphatic rings. The molecule has 0 atom stereocenters. The fourth-order valence-corrected chi connectivity index (χ4v) is 2.37. The topological polar surface area (TPSA) is 65.2 Å². The molecule has 0 saturated carbocycles.